The zero-order valence-corrected chi connectivity index (χ0v) is 11.3. The van der Waals surface area contributed by atoms with Crippen LogP contribution in [0.5, 0.6) is 5.88 Å². The molecule has 102 valence electrons. The normalized spacial score (nSPS) is 22.3. The Kier molecular flexibility index (Phi) is 3.89. The Balaban J connectivity index is 2.07. The van der Waals surface area contributed by atoms with Gasteiger partial charge in [-0.25, -0.2) is 14.6 Å². The molecule has 2 atom stereocenters. The summed E-state index contributed by atoms with van der Waals surface area (Å²) < 4.78 is 6.29. The Bertz CT molecular complexity index is 488. The number of rotatable bonds is 3. The number of carbonyl (C=O) groups is 2. The molecule has 0 radical (unpaired) electrons. The molecule has 1 saturated heterocycles. The van der Waals surface area contributed by atoms with Gasteiger partial charge in [0.2, 0.25) is 5.88 Å². The van der Waals surface area contributed by atoms with Crippen molar-refractivity contribution in [3.05, 3.63) is 22.8 Å². The summed E-state index contributed by atoms with van der Waals surface area (Å²) in [5, 5.41) is 17.9. The van der Waals surface area contributed by atoms with Gasteiger partial charge in [-0.1, -0.05) is 15.9 Å². The molecule has 0 aromatic carbocycles. The second kappa shape index (κ2) is 5.43. The number of aliphatic carboxylic acids is 1. The first kappa shape index (κ1) is 13.6. The molecule has 1 aliphatic rings. The van der Waals surface area contributed by atoms with Crippen LogP contribution in [0.15, 0.2) is 22.8 Å². The maximum Gasteiger partial charge on any atom is 0.408 e. The number of amides is 1. The Hall–Kier alpha value is -1.83. The van der Waals surface area contributed by atoms with Crippen molar-refractivity contribution in [3.8, 4) is 5.88 Å². The van der Waals surface area contributed by atoms with Gasteiger partial charge in [-0.3, -0.25) is 4.90 Å². The number of hydrogen-bond acceptors (Lipinski definition) is 4. The molecule has 2 rings (SSSR count). The third-order valence-electron chi connectivity index (χ3n) is 2.78. The molecule has 1 fully saturated rings. The Morgan fingerprint density at radius 1 is 1.47 bits per heavy atom. The topological polar surface area (TPSA) is 100.0 Å². The molecular formula is C11H11BrN2O5. The predicted molar refractivity (Wildman–Crippen MR) is 67.1 cm³/mol. The predicted octanol–water partition coefficient (Wildman–Crippen LogP) is 1.43. The van der Waals surface area contributed by atoms with Gasteiger partial charge in [0, 0.05) is 23.2 Å². The number of likely N-dealkylation sites (tertiary alicyclic amines) is 1. The molecule has 1 aliphatic heterocycles. The van der Waals surface area contributed by atoms with Crippen LogP contribution in [-0.4, -0.2) is 50.9 Å². The molecule has 0 saturated carbocycles. The lowest BCUT2D eigenvalue weighted by molar-refractivity contribution is -0.141. The fraction of sp³-hybridized carbons (Fsp3) is 0.364. The molecule has 1 amide bonds. The lowest BCUT2D eigenvalue weighted by Gasteiger charge is -2.16. The summed E-state index contributed by atoms with van der Waals surface area (Å²) in [5.74, 6) is -0.841. The highest BCUT2D eigenvalue weighted by Gasteiger charge is 2.41. The number of nitrogens with zero attached hydrogens (tertiary/aromatic N) is 2. The molecule has 19 heavy (non-hydrogen) atoms. The Morgan fingerprint density at radius 2 is 2.21 bits per heavy atom. The average Bonchev–Trinajstić information content (AvgIpc) is 2.73. The van der Waals surface area contributed by atoms with Gasteiger partial charge in [0.1, 0.15) is 12.1 Å². The number of ether oxygens (including phenoxy) is 1. The first-order valence-corrected chi connectivity index (χ1v) is 6.27. The van der Waals surface area contributed by atoms with Crippen LogP contribution in [0.4, 0.5) is 4.79 Å². The summed E-state index contributed by atoms with van der Waals surface area (Å²) in [4.78, 5) is 26.8. The summed E-state index contributed by atoms with van der Waals surface area (Å²) in [6.07, 6.45) is -0.131. The number of hydrogen-bond donors (Lipinski definition) is 2. The van der Waals surface area contributed by atoms with Gasteiger partial charge in [0.25, 0.3) is 0 Å². The van der Waals surface area contributed by atoms with E-state index in [0.29, 0.717) is 5.88 Å². The minimum absolute atomic E-state index is 0.0144. The second-order valence-electron chi connectivity index (χ2n) is 4.08. The third kappa shape index (κ3) is 3.14. The van der Waals surface area contributed by atoms with E-state index in [4.69, 9.17) is 14.9 Å². The zero-order chi connectivity index (χ0) is 14.0. The van der Waals surface area contributed by atoms with Gasteiger partial charge in [-0.05, 0) is 6.07 Å². The second-order valence-corrected chi connectivity index (χ2v) is 4.99. The number of aromatic nitrogens is 1. The van der Waals surface area contributed by atoms with Crippen molar-refractivity contribution in [2.45, 2.75) is 18.6 Å². The van der Waals surface area contributed by atoms with Crippen LogP contribution in [0.25, 0.3) is 0 Å². The summed E-state index contributed by atoms with van der Waals surface area (Å²) in [7, 11) is 0. The first-order valence-electron chi connectivity index (χ1n) is 5.48. The highest BCUT2D eigenvalue weighted by Crippen LogP contribution is 2.23. The van der Waals surface area contributed by atoms with Crippen LogP contribution in [0.2, 0.25) is 0 Å². The highest BCUT2D eigenvalue weighted by molar-refractivity contribution is 9.10. The molecule has 2 N–H and O–H groups in total. The highest BCUT2D eigenvalue weighted by atomic mass is 79.9. The maximum atomic E-state index is 11.0. The van der Waals surface area contributed by atoms with Crippen molar-refractivity contribution in [1.29, 1.82) is 0 Å². The van der Waals surface area contributed by atoms with Crippen LogP contribution >= 0.6 is 15.9 Å². The van der Waals surface area contributed by atoms with Crippen molar-refractivity contribution in [1.82, 2.24) is 9.88 Å². The Morgan fingerprint density at radius 3 is 2.74 bits per heavy atom. The van der Waals surface area contributed by atoms with Gasteiger partial charge in [0.05, 0.1) is 6.54 Å². The van der Waals surface area contributed by atoms with Crippen molar-refractivity contribution >= 4 is 28.0 Å². The summed E-state index contributed by atoms with van der Waals surface area (Å²) >= 11 is 3.26. The van der Waals surface area contributed by atoms with Crippen molar-refractivity contribution in [2.24, 2.45) is 0 Å². The minimum Gasteiger partial charge on any atom is -0.480 e. The van der Waals surface area contributed by atoms with Crippen molar-refractivity contribution in [3.63, 3.8) is 0 Å². The SMILES string of the molecule is O=C(O)[C@@H]1C[C@H](Oc2cc(Br)ccn2)CN1C(=O)O. The monoisotopic (exact) mass is 330 g/mol. The minimum atomic E-state index is -1.26. The van der Waals surface area contributed by atoms with E-state index in [0.717, 1.165) is 9.37 Å². The van der Waals surface area contributed by atoms with Crippen LogP contribution in [0, 0.1) is 0 Å². The fourth-order valence-electron chi connectivity index (χ4n) is 1.95. The quantitative estimate of drug-likeness (QED) is 0.869. The van der Waals surface area contributed by atoms with Crippen LogP contribution in [-0.2, 0) is 4.79 Å². The molecule has 0 aliphatic carbocycles. The van der Waals surface area contributed by atoms with E-state index in [2.05, 4.69) is 20.9 Å². The van der Waals surface area contributed by atoms with Gasteiger partial charge >= 0.3 is 12.1 Å². The number of halogens is 1. The largest absolute Gasteiger partial charge is 0.480 e. The van der Waals surface area contributed by atoms with Gasteiger partial charge in [0.15, 0.2) is 0 Å². The smallest absolute Gasteiger partial charge is 0.408 e. The Labute approximate surface area is 116 Å². The number of pyridine rings is 1. The average molecular weight is 331 g/mol. The third-order valence-corrected chi connectivity index (χ3v) is 3.27. The van der Waals surface area contributed by atoms with E-state index in [1.165, 1.54) is 6.20 Å². The molecule has 7 nitrogen and oxygen atoms in total. The van der Waals surface area contributed by atoms with E-state index in [1.807, 2.05) is 0 Å². The first-order chi connectivity index (χ1) is 8.97. The van der Waals surface area contributed by atoms with Crippen LogP contribution < -0.4 is 4.74 Å². The molecule has 1 aromatic heterocycles. The summed E-state index contributed by atoms with van der Waals surface area (Å²) in [6.45, 7) is 0.0144. The summed E-state index contributed by atoms with van der Waals surface area (Å²) in [5.41, 5.74) is 0. The molecule has 8 heteroatoms. The van der Waals surface area contributed by atoms with Gasteiger partial charge in [-0.15, -0.1) is 0 Å². The lowest BCUT2D eigenvalue weighted by Crippen LogP contribution is -2.39. The van der Waals surface area contributed by atoms with E-state index in [-0.39, 0.29) is 13.0 Å². The van der Waals surface area contributed by atoms with E-state index >= 15 is 0 Å². The van der Waals surface area contributed by atoms with Crippen LogP contribution in [0.1, 0.15) is 6.42 Å². The number of carboxylic acid groups (broad SMARTS) is 2. The van der Waals surface area contributed by atoms with Crippen molar-refractivity contribution in [2.75, 3.05) is 6.54 Å². The molecule has 0 unspecified atom stereocenters. The zero-order valence-electron chi connectivity index (χ0n) is 9.69. The van der Waals surface area contributed by atoms with Gasteiger partial charge < -0.3 is 14.9 Å². The molecular weight excluding hydrogens is 320 g/mol. The van der Waals surface area contributed by atoms with Crippen molar-refractivity contribution < 1.29 is 24.5 Å². The van der Waals surface area contributed by atoms with Crippen LogP contribution in [0.3, 0.4) is 0 Å². The van der Waals surface area contributed by atoms with E-state index in [9.17, 15) is 9.59 Å². The summed E-state index contributed by atoms with van der Waals surface area (Å²) in [6, 6.07) is 2.29. The lowest BCUT2D eigenvalue weighted by atomic mass is 10.2. The van der Waals surface area contributed by atoms with E-state index in [1.54, 1.807) is 12.1 Å². The van der Waals surface area contributed by atoms with E-state index < -0.39 is 24.2 Å². The molecule has 0 bridgehead atoms. The maximum absolute atomic E-state index is 11.0. The molecule has 1 aromatic rings. The van der Waals surface area contributed by atoms with Gasteiger partial charge in [-0.2, -0.15) is 0 Å². The molecule has 0 spiro atoms. The standard InChI is InChI=1S/C11H11BrN2O5/c12-6-1-2-13-9(3-6)19-7-4-8(10(15)16)14(5-7)11(17)18/h1-3,7-8H,4-5H2,(H,15,16)(H,17,18)/t7-,8-/m0/s1. The fourth-order valence-corrected chi connectivity index (χ4v) is 2.26. The molecule has 2 heterocycles. The number of carboxylic acids is 1.